The number of benzene rings is 1. The van der Waals surface area contributed by atoms with E-state index in [1.54, 1.807) is 7.11 Å². The minimum absolute atomic E-state index is 0.168. The molecule has 0 saturated carbocycles. The molecule has 2 heterocycles. The SMILES string of the molecule is COc1ccc(CCn2c(C)cc(C(=O)COC(=O)[C@@H]3CCC(=O)N3)c2C)cc1. The highest BCUT2D eigenvalue weighted by atomic mass is 16.5. The lowest BCUT2D eigenvalue weighted by atomic mass is 10.1. The normalized spacial score (nSPS) is 15.8. The molecule has 1 aromatic heterocycles. The van der Waals surface area contributed by atoms with Crippen molar-refractivity contribution in [1.82, 2.24) is 9.88 Å². The maximum absolute atomic E-state index is 12.6. The van der Waals surface area contributed by atoms with Crippen LogP contribution in [0.15, 0.2) is 30.3 Å². The molecule has 0 aliphatic carbocycles. The van der Waals surface area contributed by atoms with Crippen LogP contribution < -0.4 is 10.1 Å². The molecular weight excluding hydrogens is 372 g/mol. The van der Waals surface area contributed by atoms with Crippen LogP contribution in [0.2, 0.25) is 0 Å². The molecule has 0 unspecified atom stereocenters. The molecule has 0 radical (unpaired) electrons. The zero-order valence-corrected chi connectivity index (χ0v) is 17.0. The van der Waals surface area contributed by atoms with Crippen LogP contribution >= 0.6 is 0 Å². The van der Waals surface area contributed by atoms with Crippen molar-refractivity contribution in [2.24, 2.45) is 0 Å². The van der Waals surface area contributed by atoms with Gasteiger partial charge >= 0.3 is 5.97 Å². The Morgan fingerprint density at radius 3 is 2.55 bits per heavy atom. The predicted octanol–water partition coefficient (Wildman–Crippen LogP) is 2.36. The number of hydrogen-bond donors (Lipinski definition) is 1. The number of nitrogens with zero attached hydrogens (tertiary/aromatic N) is 1. The first-order chi connectivity index (χ1) is 13.9. The first-order valence-electron chi connectivity index (χ1n) is 9.68. The molecule has 1 saturated heterocycles. The maximum Gasteiger partial charge on any atom is 0.329 e. The number of nitrogens with one attached hydrogen (secondary N) is 1. The van der Waals surface area contributed by atoms with Crippen LogP contribution in [0, 0.1) is 13.8 Å². The molecule has 7 heteroatoms. The predicted molar refractivity (Wildman–Crippen MR) is 107 cm³/mol. The molecule has 2 aromatic rings. The average molecular weight is 398 g/mol. The number of rotatable bonds is 8. The molecule has 3 rings (SSSR count). The summed E-state index contributed by atoms with van der Waals surface area (Å²) in [5.74, 6) is -0.149. The number of amides is 1. The Kier molecular flexibility index (Phi) is 6.36. The van der Waals surface area contributed by atoms with Crippen LogP contribution in [0.1, 0.15) is 40.2 Å². The van der Waals surface area contributed by atoms with Gasteiger partial charge < -0.3 is 19.4 Å². The number of carbonyl (C=O) groups is 3. The molecule has 0 bridgehead atoms. The van der Waals surface area contributed by atoms with Gasteiger partial charge in [-0.3, -0.25) is 9.59 Å². The van der Waals surface area contributed by atoms with E-state index in [4.69, 9.17) is 9.47 Å². The lowest BCUT2D eigenvalue weighted by Gasteiger charge is -2.11. The fourth-order valence-corrected chi connectivity index (χ4v) is 3.57. The third-order valence-electron chi connectivity index (χ3n) is 5.28. The lowest BCUT2D eigenvalue weighted by molar-refractivity contribution is -0.145. The summed E-state index contributed by atoms with van der Waals surface area (Å²) in [5, 5.41) is 2.54. The molecule has 1 fully saturated rings. The van der Waals surface area contributed by atoms with E-state index in [2.05, 4.69) is 9.88 Å². The van der Waals surface area contributed by atoms with Crippen molar-refractivity contribution in [3.63, 3.8) is 0 Å². The molecule has 1 aromatic carbocycles. The van der Waals surface area contributed by atoms with Crippen LogP contribution in [0.25, 0.3) is 0 Å². The second kappa shape index (κ2) is 8.94. The number of aryl methyl sites for hydroxylation is 2. The van der Waals surface area contributed by atoms with Gasteiger partial charge in [0.05, 0.1) is 7.11 Å². The summed E-state index contributed by atoms with van der Waals surface area (Å²) in [4.78, 5) is 35.8. The largest absolute Gasteiger partial charge is 0.497 e. The molecule has 0 spiro atoms. The van der Waals surface area contributed by atoms with Crippen LogP contribution in [0.3, 0.4) is 0 Å². The molecule has 154 valence electrons. The summed E-state index contributed by atoms with van der Waals surface area (Å²) in [6.45, 7) is 4.27. The van der Waals surface area contributed by atoms with E-state index in [9.17, 15) is 14.4 Å². The molecule has 1 aliphatic rings. The van der Waals surface area contributed by atoms with Gasteiger partial charge in [0.1, 0.15) is 11.8 Å². The summed E-state index contributed by atoms with van der Waals surface area (Å²) < 4.78 is 12.4. The van der Waals surface area contributed by atoms with Crippen molar-refractivity contribution in [2.75, 3.05) is 13.7 Å². The summed E-state index contributed by atoms with van der Waals surface area (Å²) >= 11 is 0. The summed E-state index contributed by atoms with van der Waals surface area (Å²) in [5.41, 5.74) is 3.57. The minimum atomic E-state index is -0.646. The van der Waals surface area contributed by atoms with Gasteiger partial charge in [-0.05, 0) is 50.5 Å². The zero-order valence-electron chi connectivity index (χ0n) is 17.0. The van der Waals surface area contributed by atoms with Crippen LogP contribution in [-0.4, -0.2) is 42.0 Å². The monoisotopic (exact) mass is 398 g/mol. The highest BCUT2D eigenvalue weighted by Gasteiger charge is 2.29. The molecule has 1 atom stereocenters. The molecule has 1 amide bonds. The van der Waals surface area contributed by atoms with Gasteiger partial charge in [-0.2, -0.15) is 0 Å². The summed E-state index contributed by atoms with van der Waals surface area (Å²) in [6.07, 6.45) is 1.54. The molecule has 29 heavy (non-hydrogen) atoms. The van der Waals surface area contributed by atoms with Crippen molar-refractivity contribution in [3.8, 4) is 5.75 Å². The van der Waals surface area contributed by atoms with E-state index in [1.807, 2.05) is 44.2 Å². The number of ether oxygens (including phenoxy) is 2. The van der Waals surface area contributed by atoms with E-state index in [1.165, 1.54) is 5.56 Å². The number of methoxy groups -OCH3 is 1. The van der Waals surface area contributed by atoms with Crippen molar-refractivity contribution in [1.29, 1.82) is 0 Å². The van der Waals surface area contributed by atoms with Crippen molar-refractivity contribution in [2.45, 2.75) is 45.7 Å². The second-order valence-electron chi connectivity index (χ2n) is 7.22. The van der Waals surface area contributed by atoms with Crippen LogP contribution in [-0.2, 0) is 27.3 Å². The van der Waals surface area contributed by atoms with Gasteiger partial charge in [0.15, 0.2) is 6.61 Å². The Hall–Kier alpha value is -3.09. The molecule has 1 aliphatic heterocycles. The molecular formula is C22H26N2O5. The number of Topliss-reactive ketones (excluding diaryl/α,β-unsaturated/α-hetero) is 1. The first-order valence-corrected chi connectivity index (χ1v) is 9.68. The van der Waals surface area contributed by atoms with Gasteiger partial charge in [0.25, 0.3) is 0 Å². The smallest absolute Gasteiger partial charge is 0.329 e. The second-order valence-corrected chi connectivity index (χ2v) is 7.22. The van der Waals surface area contributed by atoms with Gasteiger partial charge in [-0.1, -0.05) is 12.1 Å². The van der Waals surface area contributed by atoms with E-state index in [0.717, 1.165) is 30.1 Å². The Balaban J connectivity index is 1.59. The van der Waals surface area contributed by atoms with E-state index in [0.29, 0.717) is 18.4 Å². The minimum Gasteiger partial charge on any atom is -0.497 e. The van der Waals surface area contributed by atoms with Crippen LogP contribution in [0.4, 0.5) is 0 Å². The van der Waals surface area contributed by atoms with E-state index in [-0.39, 0.29) is 18.3 Å². The third kappa shape index (κ3) is 4.85. The molecule has 1 N–H and O–H groups in total. The van der Waals surface area contributed by atoms with Gasteiger partial charge in [0.2, 0.25) is 11.7 Å². The Morgan fingerprint density at radius 1 is 1.21 bits per heavy atom. The lowest BCUT2D eigenvalue weighted by Crippen LogP contribution is -2.35. The number of carbonyl (C=O) groups excluding carboxylic acids is 3. The van der Waals surface area contributed by atoms with E-state index >= 15 is 0 Å². The first kappa shape index (κ1) is 20.6. The Morgan fingerprint density at radius 2 is 1.93 bits per heavy atom. The van der Waals surface area contributed by atoms with Crippen molar-refractivity contribution < 1.29 is 23.9 Å². The number of esters is 1. The fraction of sp³-hybridized carbons (Fsp3) is 0.409. The van der Waals surface area contributed by atoms with Gasteiger partial charge in [0, 0.05) is 29.9 Å². The van der Waals surface area contributed by atoms with Crippen LogP contribution in [0.5, 0.6) is 5.75 Å². The van der Waals surface area contributed by atoms with Gasteiger partial charge in [-0.15, -0.1) is 0 Å². The van der Waals surface area contributed by atoms with Gasteiger partial charge in [-0.25, -0.2) is 4.79 Å². The van der Waals surface area contributed by atoms with Crippen molar-refractivity contribution in [3.05, 3.63) is 52.8 Å². The standard InChI is InChI=1S/C22H26N2O5/c1-14-12-18(20(25)13-29-22(27)19-8-9-21(26)23-19)15(2)24(14)11-10-16-4-6-17(28-3)7-5-16/h4-7,12,19H,8-11,13H2,1-3H3,(H,23,26)/t19-/m0/s1. The third-order valence-corrected chi connectivity index (χ3v) is 5.28. The number of hydrogen-bond acceptors (Lipinski definition) is 5. The zero-order chi connectivity index (χ0) is 21.0. The molecule has 7 nitrogen and oxygen atoms in total. The summed E-state index contributed by atoms with van der Waals surface area (Å²) in [6, 6.07) is 9.10. The average Bonchev–Trinajstić information content (AvgIpc) is 3.28. The summed E-state index contributed by atoms with van der Waals surface area (Å²) in [7, 11) is 1.64. The van der Waals surface area contributed by atoms with Crippen molar-refractivity contribution >= 4 is 17.7 Å². The highest BCUT2D eigenvalue weighted by molar-refractivity contribution is 5.99. The Bertz CT molecular complexity index is 914. The Labute approximate surface area is 170 Å². The number of ketones is 1. The van der Waals surface area contributed by atoms with E-state index < -0.39 is 12.0 Å². The quantitative estimate of drug-likeness (QED) is 0.545. The highest BCUT2D eigenvalue weighted by Crippen LogP contribution is 2.18. The topological polar surface area (TPSA) is 86.6 Å². The number of aromatic nitrogens is 1. The fourth-order valence-electron chi connectivity index (χ4n) is 3.57. The maximum atomic E-state index is 12.6.